The van der Waals surface area contributed by atoms with Crippen molar-refractivity contribution in [2.45, 2.75) is 32.7 Å². The molecule has 20 heavy (non-hydrogen) atoms. The summed E-state index contributed by atoms with van der Waals surface area (Å²) in [5.41, 5.74) is 0.662. The van der Waals surface area contributed by atoms with Crippen molar-refractivity contribution >= 4 is 11.6 Å². The van der Waals surface area contributed by atoms with Crippen LogP contribution in [0.1, 0.15) is 26.0 Å². The summed E-state index contributed by atoms with van der Waals surface area (Å²) in [5.74, 6) is 1.17. The molecule has 0 aliphatic rings. The van der Waals surface area contributed by atoms with Gasteiger partial charge in [-0.3, -0.25) is 0 Å². The second kappa shape index (κ2) is 6.91. The lowest BCUT2D eigenvalue weighted by atomic mass is 10.1. The van der Waals surface area contributed by atoms with Crippen LogP contribution in [0.3, 0.4) is 0 Å². The normalized spacial score (nSPS) is 12.6. The molecule has 1 aromatic carbocycles. The second-order valence-corrected chi connectivity index (χ2v) is 5.42. The van der Waals surface area contributed by atoms with E-state index in [0.29, 0.717) is 22.4 Å². The first kappa shape index (κ1) is 15.1. The number of nitrogens with one attached hydrogen (secondary N) is 1. The lowest BCUT2D eigenvalue weighted by molar-refractivity contribution is 0.464. The van der Waals surface area contributed by atoms with Crippen LogP contribution in [-0.2, 0) is 6.42 Å². The molecule has 1 atom stereocenters. The largest absolute Gasteiger partial charge is 0.461 e. The van der Waals surface area contributed by atoms with Crippen LogP contribution in [0.15, 0.2) is 34.7 Å². The fourth-order valence-corrected chi connectivity index (χ4v) is 2.33. The van der Waals surface area contributed by atoms with Gasteiger partial charge in [-0.1, -0.05) is 18.5 Å². The maximum Gasteiger partial charge on any atom is 0.134 e. The summed E-state index contributed by atoms with van der Waals surface area (Å²) in [6.45, 7) is 5.25. The van der Waals surface area contributed by atoms with E-state index in [1.165, 1.54) is 12.1 Å². The molecule has 2 rings (SSSR count). The van der Waals surface area contributed by atoms with Gasteiger partial charge in [-0.25, -0.2) is 4.39 Å². The molecule has 1 unspecified atom stereocenters. The van der Waals surface area contributed by atoms with Gasteiger partial charge in [-0.05, 0) is 50.2 Å². The van der Waals surface area contributed by atoms with Crippen molar-refractivity contribution in [1.82, 2.24) is 5.32 Å². The molecule has 2 aromatic rings. The lowest BCUT2D eigenvalue weighted by Gasteiger charge is -2.10. The highest BCUT2D eigenvalue weighted by Crippen LogP contribution is 2.26. The van der Waals surface area contributed by atoms with Gasteiger partial charge in [0.1, 0.15) is 17.3 Å². The summed E-state index contributed by atoms with van der Waals surface area (Å²) in [6.07, 6.45) is 1.92. The van der Waals surface area contributed by atoms with E-state index >= 15 is 0 Å². The van der Waals surface area contributed by atoms with Gasteiger partial charge in [0.05, 0.1) is 0 Å². The molecule has 1 heterocycles. The fraction of sp³-hybridized carbons (Fsp3) is 0.375. The summed E-state index contributed by atoms with van der Waals surface area (Å²) < 4.78 is 19.1. The number of hydrogen-bond donors (Lipinski definition) is 1. The van der Waals surface area contributed by atoms with E-state index < -0.39 is 0 Å². The Hall–Kier alpha value is -1.32. The highest BCUT2D eigenvalue weighted by Gasteiger charge is 2.10. The molecule has 0 amide bonds. The van der Waals surface area contributed by atoms with Crippen LogP contribution in [0, 0.1) is 5.82 Å². The van der Waals surface area contributed by atoms with Crippen LogP contribution in [0.2, 0.25) is 5.02 Å². The quantitative estimate of drug-likeness (QED) is 0.838. The number of hydrogen-bond acceptors (Lipinski definition) is 2. The van der Waals surface area contributed by atoms with Crippen LogP contribution in [0.25, 0.3) is 11.3 Å². The lowest BCUT2D eigenvalue weighted by Crippen LogP contribution is -2.28. The van der Waals surface area contributed by atoms with E-state index in [0.717, 1.165) is 25.1 Å². The predicted octanol–water partition coefficient (Wildman–Crippen LogP) is 4.67. The number of halogens is 2. The molecule has 0 bridgehead atoms. The van der Waals surface area contributed by atoms with E-state index in [-0.39, 0.29) is 5.82 Å². The third-order valence-corrected chi connectivity index (χ3v) is 3.28. The molecule has 0 aliphatic carbocycles. The van der Waals surface area contributed by atoms with Crippen molar-refractivity contribution in [3.8, 4) is 11.3 Å². The molecule has 1 N–H and O–H groups in total. The second-order valence-electron chi connectivity index (χ2n) is 4.98. The summed E-state index contributed by atoms with van der Waals surface area (Å²) in [4.78, 5) is 0. The van der Waals surface area contributed by atoms with Gasteiger partial charge < -0.3 is 9.73 Å². The average molecular weight is 296 g/mol. The standard InChI is InChI=1S/C16H19ClFNO/c1-3-6-19-11(2)7-15-4-5-16(20-15)12-8-13(17)10-14(18)9-12/h4-5,8-11,19H,3,6-7H2,1-2H3. The zero-order chi connectivity index (χ0) is 14.5. The van der Waals surface area contributed by atoms with Crippen molar-refractivity contribution in [1.29, 1.82) is 0 Å². The zero-order valence-corrected chi connectivity index (χ0v) is 12.5. The van der Waals surface area contributed by atoms with Crippen LogP contribution < -0.4 is 5.32 Å². The Labute approximate surface area is 123 Å². The van der Waals surface area contributed by atoms with E-state index in [1.54, 1.807) is 6.07 Å². The molecule has 108 valence electrons. The predicted molar refractivity (Wildman–Crippen MR) is 80.6 cm³/mol. The molecule has 2 nitrogen and oxygen atoms in total. The molecular formula is C16H19ClFNO. The van der Waals surface area contributed by atoms with E-state index in [4.69, 9.17) is 16.0 Å². The van der Waals surface area contributed by atoms with Crippen molar-refractivity contribution in [2.24, 2.45) is 0 Å². The molecule has 1 aromatic heterocycles. The van der Waals surface area contributed by atoms with E-state index in [9.17, 15) is 4.39 Å². The Kier molecular flexibility index (Phi) is 5.21. The Morgan fingerprint density at radius 2 is 2.10 bits per heavy atom. The van der Waals surface area contributed by atoms with Crippen LogP contribution in [0.5, 0.6) is 0 Å². The molecule has 0 fully saturated rings. The summed E-state index contributed by atoms with van der Waals surface area (Å²) in [7, 11) is 0. The van der Waals surface area contributed by atoms with Crippen LogP contribution >= 0.6 is 11.6 Å². The topological polar surface area (TPSA) is 25.2 Å². The Morgan fingerprint density at radius 3 is 2.80 bits per heavy atom. The van der Waals surface area contributed by atoms with Crippen molar-refractivity contribution in [3.05, 3.63) is 46.9 Å². The van der Waals surface area contributed by atoms with Gasteiger partial charge in [0.2, 0.25) is 0 Å². The third-order valence-electron chi connectivity index (χ3n) is 3.06. The minimum Gasteiger partial charge on any atom is -0.461 e. The molecule has 0 saturated carbocycles. The smallest absolute Gasteiger partial charge is 0.134 e. The van der Waals surface area contributed by atoms with Crippen LogP contribution in [0.4, 0.5) is 4.39 Å². The average Bonchev–Trinajstić information content (AvgIpc) is 2.83. The van der Waals surface area contributed by atoms with Gasteiger partial charge in [0, 0.05) is 23.0 Å². The molecular weight excluding hydrogens is 277 g/mol. The number of benzene rings is 1. The molecule has 0 radical (unpaired) electrons. The van der Waals surface area contributed by atoms with Gasteiger partial charge >= 0.3 is 0 Å². The van der Waals surface area contributed by atoms with Crippen LogP contribution in [-0.4, -0.2) is 12.6 Å². The molecule has 0 spiro atoms. The minimum absolute atomic E-state index is 0.352. The van der Waals surface area contributed by atoms with Crippen molar-refractivity contribution in [3.63, 3.8) is 0 Å². The van der Waals surface area contributed by atoms with Gasteiger partial charge in [0.15, 0.2) is 0 Å². The highest BCUT2D eigenvalue weighted by atomic mass is 35.5. The van der Waals surface area contributed by atoms with E-state index in [1.807, 2.05) is 12.1 Å². The van der Waals surface area contributed by atoms with E-state index in [2.05, 4.69) is 19.2 Å². The first-order valence-corrected chi connectivity index (χ1v) is 7.25. The molecule has 0 aliphatic heterocycles. The summed E-state index contributed by atoms with van der Waals surface area (Å²) in [5, 5.41) is 3.78. The number of rotatable bonds is 6. The monoisotopic (exact) mass is 295 g/mol. The van der Waals surface area contributed by atoms with Gasteiger partial charge in [-0.2, -0.15) is 0 Å². The Balaban J connectivity index is 2.08. The maximum atomic E-state index is 13.3. The highest BCUT2D eigenvalue weighted by molar-refractivity contribution is 6.30. The van der Waals surface area contributed by atoms with Gasteiger partial charge in [0.25, 0.3) is 0 Å². The first-order valence-electron chi connectivity index (χ1n) is 6.87. The maximum absolute atomic E-state index is 13.3. The van der Waals surface area contributed by atoms with Gasteiger partial charge in [-0.15, -0.1) is 0 Å². The fourth-order valence-electron chi connectivity index (χ4n) is 2.10. The zero-order valence-electron chi connectivity index (χ0n) is 11.7. The summed E-state index contributed by atoms with van der Waals surface area (Å²) in [6, 6.07) is 8.54. The molecule has 0 saturated heterocycles. The first-order chi connectivity index (χ1) is 9.58. The minimum atomic E-state index is -0.358. The SMILES string of the molecule is CCCNC(C)Cc1ccc(-c2cc(F)cc(Cl)c2)o1. The number of furan rings is 1. The third kappa shape index (κ3) is 4.09. The van der Waals surface area contributed by atoms with Crippen molar-refractivity contribution in [2.75, 3.05) is 6.54 Å². The van der Waals surface area contributed by atoms with Crippen molar-refractivity contribution < 1.29 is 8.81 Å². The Morgan fingerprint density at radius 1 is 1.30 bits per heavy atom. The molecule has 4 heteroatoms. The summed E-state index contributed by atoms with van der Waals surface area (Å²) >= 11 is 5.86. The Bertz CT molecular complexity index is 547.